The first kappa shape index (κ1) is 17.1. The van der Waals surface area contributed by atoms with Gasteiger partial charge in [0.2, 0.25) is 5.89 Å². The van der Waals surface area contributed by atoms with Gasteiger partial charge in [0, 0.05) is 23.4 Å². The van der Waals surface area contributed by atoms with E-state index in [1.807, 2.05) is 54.9 Å². The number of thioether (sulfide) groups is 1. The molecule has 0 atom stereocenters. The van der Waals surface area contributed by atoms with Crippen LogP contribution in [0.4, 0.5) is 0 Å². The highest BCUT2D eigenvalue weighted by atomic mass is 79.9. The number of hydrogen-bond donors (Lipinski definition) is 0. The van der Waals surface area contributed by atoms with E-state index in [4.69, 9.17) is 4.42 Å². The van der Waals surface area contributed by atoms with Gasteiger partial charge < -0.3 is 8.98 Å². The van der Waals surface area contributed by atoms with Crippen LogP contribution < -0.4 is 0 Å². The molecule has 0 N–H and O–H groups in total. The smallest absolute Gasteiger partial charge is 0.277 e. The first-order chi connectivity index (χ1) is 12.8. The Morgan fingerprint density at radius 3 is 2.65 bits per heavy atom. The molecule has 0 aliphatic heterocycles. The molecule has 4 rings (SSSR count). The first-order valence-electron chi connectivity index (χ1n) is 8.05. The lowest BCUT2D eigenvalue weighted by atomic mass is 10.2. The van der Waals surface area contributed by atoms with Gasteiger partial charge in [0.25, 0.3) is 5.22 Å². The largest absolute Gasteiger partial charge is 0.411 e. The Kier molecular flexibility index (Phi) is 5.17. The Balaban J connectivity index is 1.44. The molecule has 0 saturated carbocycles. The highest BCUT2D eigenvalue weighted by Gasteiger charge is 2.13. The summed E-state index contributed by atoms with van der Waals surface area (Å²) in [5.41, 5.74) is 2.13. The zero-order valence-corrected chi connectivity index (χ0v) is 16.2. The molecule has 0 fully saturated rings. The molecule has 2 aromatic heterocycles. The highest BCUT2D eigenvalue weighted by molar-refractivity contribution is 9.10. The lowest BCUT2D eigenvalue weighted by molar-refractivity contribution is 0.465. The van der Waals surface area contributed by atoms with Crippen LogP contribution in [0, 0.1) is 0 Å². The summed E-state index contributed by atoms with van der Waals surface area (Å²) in [6.45, 7) is 0.794. The van der Waals surface area contributed by atoms with Gasteiger partial charge >= 0.3 is 0 Å². The second-order valence-corrected chi connectivity index (χ2v) is 7.38. The average Bonchev–Trinajstić information content (AvgIpc) is 3.31. The number of imidazole rings is 1. The molecule has 0 amide bonds. The van der Waals surface area contributed by atoms with Gasteiger partial charge in [-0.2, -0.15) is 0 Å². The van der Waals surface area contributed by atoms with Crippen LogP contribution in [0.3, 0.4) is 0 Å². The topological polar surface area (TPSA) is 56.7 Å². The molecule has 4 aromatic rings. The quantitative estimate of drug-likeness (QED) is 0.404. The van der Waals surface area contributed by atoms with Crippen molar-refractivity contribution in [2.75, 3.05) is 0 Å². The maximum Gasteiger partial charge on any atom is 0.277 e. The van der Waals surface area contributed by atoms with Gasteiger partial charge in [-0.3, -0.25) is 0 Å². The van der Waals surface area contributed by atoms with Crippen LogP contribution in [0.15, 0.2) is 81.1 Å². The highest BCUT2D eigenvalue weighted by Crippen LogP contribution is 2.29. The third kappa shape index (κ3) is 3.89. The minimum absolute atomic E-state index is 0.507. The summed E-state index contributed by atoms with van der Waals surface area (Å²) in [7, 11) is 0. The fraction of sp³-hybridized carbons (Fsp3) is 0.105. The van der Waals surface area contributed by atoms with Gasteiger partial charge in [0.1, 0.15) is 5.82 Å². The van der Waals surface area contributed by atoms with Crippen LogP contribution in [0.5, 0.6) is 0 Å². The summed E-state index contributed by atoms with van der Waals surface area (Å²) in [5, 5.41) is 8.81. The Bertz CT molecular complexity index is 999. The normalized spacial score (nSPS) is 11.0. The summed E-state index contributed by atoms with van der Waals surface area (Å²) in [6.07, 6.45) is 3.81. The summed E-state index contributed by atoms with van der Waals surface area (Å²) < 4.78 is 8.84. The number of halogens is 1. The summed E-state index contributed by atoms with van der Waals surface area (Å²) in [4.78, 5) is 4.45. The van der Waals surface area contributed by atoms with Crippen LogP contribution >= 0.6 is 27.7 Å². The van der Waals surface area contributed by atoms with Crippen molar-refractivity contribution in [2.45, 2.75) is 17.5 Å². The molecule has 0 unspecified atom stereocenters. The summed E-state index contributed by atoms with van der Waals surface area (Å²) >= 11 is 4.99. The van der Waals surface area contributed by atoms with Gasteiger partial charge in [-0.1, -0.05) is 54.2 Å². The lowest BCUT2D eigenvalue weighted by Crippen LogP contribution is -2.03. The maximum atomic E-state index is 5.78. The molecule has 7 heteroatoms. The van der Waals surface area contributed by atoms with Gasteiger partial charge in [-0.15, -0.1) is 10.2 Å². The number of aromatic nitrogens is 4. The van der Waals surface area contributed by atoms with Gasteiger partial charge in [0.15, 0.2) is 0 Å². The monoisotopic (exact) mass is 426 g/mol. The molecular formula is C19H15BrN4OS. The minimum atomic E-state index is 0.507. The summed E-state index contributed by atoms with van der Waals surface area (Å²) in [5.74, 6) is 2.14. The molecular weight excluding hydrogens is 412 g/mol. The van der Waals surface area contributed by atoms with Gasteiger partial charge in [-0.05, 0) is 33.6 Å². The lowest BCUT2D eigenvalue weighted by Gasteiger charge is -2.06. The fourth-order valence-electron chi connectivity index (χ4n) is 2.54. The second kappa shape index (κ2) is 7.88. The van der Waals surface area contributed by atoms with Crippen LogP contribution in [0.1, 0.15) is 11.4 Å². The molecule has 0 radical (unpaired) electrons. The number of benzene rings is 2. The molecule has 0 bridgehead atoms. The van der Waals surface area contributed by atoms with Crippen molar-refractivity contribution in [1.29, 1.82) is 0 Å². The standard InChI is InChI=1S/C19H15BrN4OS/c20-16-9-5-4-8-15(16)18-22-23-19(25-18)26-13-17-21-10-11-24(17)12-14-6-2-1-3-7-14/h1-11H,12-13H2. The van der Waals surface area contributed by atoms with Crippen molar-refractivity contribution >= 4 is 27.7 Å². The van der Waals surface area contributed by atoms with Crippen molar-refractivity contribution in [3.05, 3.63) is 82.9 Å². The first-order valence-corrected chi connectivity index (χ1v) is 9.82. The van der Waals surface area contributed by atoms with E-state index >= 15 is 0 Å². The zero-order valence-electron chi connectivity index (χ0n) is 13.7. The molecule has 2 aromatic carbocycles. The van der Waals surface area contributed by atoms with Crippen molar-refractivity contribution in [3.63, 3.8) is 0 Å². The van der Waals surface area contributed by atoms with Crippen molar-refractivity contribution in [1.82, 2.24) is 19.7 Å². The van der Waals surface area contributed by atoms with Gasteiger partial charge in [0.05, 0.1) is 11.3 Å². The SMILES string of the molecule is Brc1ccccc1-c1nnc(SCc2nccn2Cc2ccccc2)o1. The Hall–Kier alpha value is -2.38. The van der Waals surface area contributed by atoms with Crippen LogP contribution in [0.2, 0.25) is 0 Å². The van der Waals surface area contributed by atoms with E-state index in [-0.39, 0.29) is 0 Å². The van der Waals surface area contributed by atoms with E-state index in [0.29, 0.717) is 16.9 Å². The second-order valence-electron chi connectivity index (χ2n) is 5.60. The predicted octanol–water partition coefficient (Wildman–Crippen LogP) is 5.04. The third-order valence-corrected chi connectivity index (χ3v) is 5.34. The van der Waals surface area contributed by atoms with E-state index in [0.717, 1.165) is 22.4 Å². The average molecular weight is 427 g/mol. The molecule has 0 aliphatic carbocycles. The molecule has 5 nitrogen and oxygen atoms in total. The number of rotatable bonds is 6. The van der Waals surface area contributed by atoms with Crippen molar-refractivity contribution < 1.29 is 4.42 Å². The van der Waals surface area contributed by atoms with Crippen molar-refractivity contribution in [2.24, 2.45) is 0 Å². The summed E-state index contributed by atoms with van der Waals surface area (Å²) in [6, 6.07) is 18.1. The number of hydrogen-bond acceptors (Lipinski definition) is 5. The Labute approximate surface area is 163 Å². The molecule has 26 heavy (non-hydrogen) atoms. The van der Waals surface area contributed by atoms with E-state index in [2.05, 4.69) is 47.8 Å². The maximum absolute atomic E-state index is 5.78. The number of nitrogens with zero attached hydrogens (tertiary/aromatic N) is 4. The van der Waals surface area contributed by atoms with Crippen LogP contribution in [-0.4, -0.2) is 19.7 Å². The zero-order chi connectivity index (χ0) is 17.8. The van der Waals surface area contributed by atoms with E-state index in [1.165, 1.54) is 17.3 Å². The Morgan fingerprint density at radius 2 is 1.81 bits per heavy atom. The Morgan fingerprint density at radius 1 is 1.00 bits per heavy atom. The molecule has 130 valence electrons. The van der Waals surface area contributed by atoms with Gasteiger partial charge in [-0.25, -0.2) is 4.98 Å². The van der Waals surface area contributed by atoms with Crippen molar-refractivity contribution in [3.8, 4) is 11.5 Å². The van der Waals surface area contributed by atoms with E-state index in [1.54, 1.807) is 0 Å². The third-order valence-electron chi connectivity index (χ3n) is 3.83. The molecule has 2 heterocycles. The molecule has 0 spiro atoms. The van der Waals surface area contributed by atoms with Crippen LogP contribution in [0.25, 0.3) is 11.5 Å². The minimum Gasteiger partial charge on any atom is -0.411 e. The molecule has 0 aliphatic rings. The van der Waals surface area contributed by atoms with E-state index in [9.17, 15) is 0 Å². The van der Waals surface area contributed by atoms with Crippen LogP contribution in [-0.2, 0) is 12.3 Å². The fourth-order valence-corrected chi connectivity index (χ4v) is 3.73. The van der Waals surface area contributed by atoms with E-state index < -0.39 is 0 Å². The molecule has 0 saturated heterocycles. The predicted molar refractivity (Wildman–Crippen MR) is 105 cm³/mol.